The largest absolute Gasteiger partial charge is 0.427 e. The molecule has 3 saturated heterocycles. The van der Waals surface area contributed by atoms with Gasteiger partial charge in [0.2, 0.25) is 0 Å². The van der Waals surface area contributed by atoms with Crippen molar-refractivity contribution in [1.29, 1.82) is 0 Å². The van der Waals surface area contributed by atoms with Crippen LogP contribution in [-0.4, -0.2) is 178 Å². The van der Waals surface area contributed by atoms with Gasteiger partial charge in [0.25, 0.3) is 0 Å². The maximum Gasteiger partial charge on any atom is 0.187 e. The molecule has 0 aromatic rings. The van der Waals surface area contributed by atoms with Crippen molar-refractivity contribution >= 4 is 0 Å². The molecule has 0 radical (unpaired) electrons. The molecule has 16 heteroatoms. The highest BCUT2D eigenvalue weighted by Gasteiger charge is 2.57. The zero-order chi connectivity index (χ0) is 31.3. The molecule has 5 rings (SSSR count). The highest BCUT2D eigenvalue weighted by molar-refractivity contribution is 5.00. The summed E-state index contributed by atoms with van der Waals surface area (Å²) in [4.78, 5) is 0. The quantitative estimate of drug-likeness (QED) is 0.123. The van der Waals surface area contributed by atoms with Gasteiger partial charge in [-0.2, -0.15) is 0 Å². The van der Waals surface area contributed by atoms with Gasteiger partial charge < -0.3 is 79.9 Å². The van der Waals surface area contributed by atoms with Crippen LogP contribution >= 0.6 is 0 Å². The Kier molecular flexibility index (Phi) is 10.7. The average molecular weight is 628 g/mol. The Morgan fingerprint density at radius 3 is 1.84 bits per heavy atom. The van der Waals surface area contributed by atoms with Gasteiger partial charge >= 0.3 is 0 Å². The highest BCUT2D eigenvalue weighted by Crippen LogP contribution is 2.43. The smallest absolute Gasteiger partial charge is 0.187 e. The molecule has 0 aromatic heterocycles. The minimum absolute atomic E-state index is 0.0861. The molecular formula is C27H47O16+. The molecule has 12 N–H and O–H groups in total. The Hall–Kier alpha value is -0.640. The monoisotopic (exact) mass is 627 g/mol. The van der Waals surface area contributed by atoms with Gasteiger partial charge in [-0.15, -0.1) is 0 Å². The molecule has 2 saturated carbocycles. The van der Waals surface area contributed by atoms with Crippen LogP contribution in [0.3, 0.4) is 0 Å². The van der Waals surface area contributed by atoms with E-state index in [0.717, 1.165) is 0 Å². The van der Waals surface area contributed by atoms with Crippen LogP contribution in [0, 0.1) is 11.8 Å². The minimum Gasteiger partial charge on any atom is -0.427 e. The van der Waals surface area contributed by atoms with Gasteiger partial charge in [-0.1, -0.05) is 0 Å². The number of fused-ring (bicyclic) bond motifs is 1. The second kappa shape index (κ2) is 13.6. The lowest BCUT2D eigenvalue weighted by Crippen LogP contribution is -2.64. The van der Waals surface area contributed by atoms with Crippen molar-refractivity contribution in [3.8, 4) is 0 Å². The normalized spacial score (nSPS) is 56.4. The molecule has 0 bridgehead atoms. The summed E-state index contributed by atoms with van der Waals surface area (Å²) in [7, 11) is 0. The molecule has 5 aliphatic rings. The molecule has 0 amide bonds. The lowest BCUT2D eigenvalue weighted by atomic mass is 9.72. The van der Waals surface area contributed by atoms with E-state index in [1.54, 1.807) is 0 Å². The Morgan fingerprint density at radius 2 is 1.21 bits per heavy atom. The number of aliphatic hydroxyl groups excluding tert-OH is 11. The topological polar surface area (TPSA) is 272 Å². The van der Waals surface area contributed by atoms with E-state index in [1.165, 1.54) is 6.92 Å². The summed E-state index contributed by atoms with van der Waals surface area (Å²) in [6.07, 6.45) is -21.1. The summed E-state index contributed by atoms with van der Waals surface area (Å²) < 4.78 is 28.5. The Balaban J connectivity index is 1.39. The number of ether oxygens (including phenoxy) is 5. The minimum atomic E-state index is -1.66. The maximum atomic E-state index is 10.7. The molecule has 18 atom stereocenters. The van der Waals surface area contributed by atoms with Crippen molar-refractivity contribution in [2.75, 3.05) is 6.61 Å². The standard InChI is InChI=1S/C27H46O16/c1-8-18(32)21(35)23(37)26(39-8)42-16-6-11-14(40-25(16)9-2-12(30)19(33)13(31)3-9)4-10(29)5-15(11)41-27-24(38)22(36)20(34)17(7-28)43-27/h8-38H,2-7H2,1H3/p+1/t8-,9?,10?,11?,12?,13?,14?,15?,16?,17-,18+,19?,20-,21+,22+,23-,24-,25?,26+,27-/m0/s1. The fourth-order valence-electron chi connectivity index (χ4n) is 7.34. The molecule has 8 unspecified atom stereocenters. The van der Waals surface area contributed by atoms with Crippen LogP contribution in [0.15, 0.2) is 0 Å². The van der Waals surface area contributed by atoms with Crippen molar-refractivity contribution in [3.63, 3.8) is 0 Å². The second-order valence-corrected chi connectivity index (χ2v) is 12.8. The maximum absolute atomic E-state index is 10.7. The summed E-state index contributed by atoms with van der Waals surface area (Å²) in [6.45, 7) is 0.866. The molecule has 0 spiro atoms. The van der Waals surface area contributed by atoms with Crippen molar-refractivity contribution in [1.82, 2.24) is 0 Å². The molecule has 43 heavy (non-hydrogen) atoms. The van der Waals surface area contributed by atoms with Gasteiger partial charge in [0.15, 0.2) is 24.8 Å². The van der Waals surface area contributed by atoms with Crippen molar-refractivity contribution in [2.24, 2.45) is 11.8 Å². The SMILES string of the molecule is C[C@@H]1O[C@H](OC2CC3C(O[C@H]4O[C@@H](CO)[C@H](O)[C@@H](O)[C@@H]4O)CC(O)CC3[OH+]C2C2CC(O)C(O)C(O)C2)[C@@H](O)[C@H](O)[C@@H]1O. The zero-order valence-electron chi connectivity index (χ0n) is 23.8. The number of hydrogen-bond donors (Lipinski definition) is 11. The van der Waals surface area contributed by atoms with E-state index in [1.807, 2.05) is 0 Å². The lowest BCUT2D eigenvalue weighted by molar-refractivity contribution is -0.366. The number of aliphatic hydroxyl groups is 13. The molecule has 0 aromatic carbocycles. The van der Waals surface area contributed by atoms with Crippen molar-refractivity contribution in [3.05, 3.63) is 0 Å². The van der Waals surface area contributed by atoms with Crippen LogP contribution < -0.4 is 0 Å². The van der Waals surface area contributed by atoms with E-state index in [-0.39, 0.29) is 32.1 Å². The zero-order valence-corrected chi connectivity index (χ0v) is 23.8. The van der Waals surface area contributed by atoms with Crippen LogP contribution in [0.25, 0.3) is 0 Å². The first-order valence-corrected chi connectivity index (χ1v) is 15.0. The van der Waals surface area contributed by atoms with E-state index in [2.05, 4.69) is 0 Å². The Bertz CT molecular complexity index is 900. The van der Waals surface area contributed by atoms with Crippen molar-refractivity contribution in [2.45, 2.75) is 149 Å². The first-order chi connectivity index (χ1) is 20.3. The predicted molar refractivity (Wildman–Crippen MR) is 140 cm³/mol. The van der Waals surface area contributed by atoms with Crippen LogP contribution in [0.4, 0.5) is 0 Å². The fraction of sp³-hybridized carbons (Fsp3) is 1.00. The third-order valence-electron chi connectivity index (χ3n) is 9.87. The fourth-order valence-corrected chi connectivity index (χ4v) is 7.34. The van der Waals surface area contributed by atoms with Crippen LogP contribution in [-0.2, 0) is 18.9 Å². The first-order valence-electron chi connectivity index (χ1n) is 15.0. The van der Waals surface area contributed by atoms with Crippen LogP contribution in [0.5, 0.6) is 0 Å². The van der Waals surface area contributed by atoms with Gasteiger partial charge in [0, 0.05) is 18.8 Å². The second-order valence-electron chi connectivity index (χ2n) is 12.8. The molecule has 5 fully saturated rings. The third-order valence-corrected chi connectivity index (χ3v) is 9.87. The van der Waals surface area contributed by atoms with Gasteiger partial charge in [-0.25, -0.2) is 0 Å². The molecular weight excluding hydrogens is 580 g/mol. The van der Waals surface area contributed by atoms with E-state index >= 15 is 0 Å². The summed E-state index contributed by atoms with van der Waals surface area (Å²) >= 11 is 0. The first kappa shape index (κ1) is 33.7. The lowest BCUT2D eigenvalue weighted by Gasteiger charge is -2.50. The third kappa shape index (κ3) is 6.76. The van der Waals surface area contributed by atoms with E-state index in [9.17, 15) is 56.2 Å². The Labute approximate surface area is 248 Å². The summed E-state index contributed by atoms with van der Waals surface area (Å²) in [5.74, 6) is -0.938. The summed E-state index contributed by atoms with van der Waals surface area (Å²) in [5, 5.41) is 113. The summed E-state index contributed by atoms with van der Waals surface area (Å²) in [6, 6.07) is 0. The molecule has 250 valence electrons. The molecule has 16 nitrogen and oxygen atoms in total. The number of rotatable bonds is 6. The molecule has 3 aliphatic heterocycles. The van der Waals surface area contributed by atoms with E-state index in [0.29, 0.717) is 0 Å². The van der Waals surface area contributed by atoms with Gasteiger partial charge in [0.1, 0.15) is 54.9 Å². The van der Waals surface area contributed by atoms with E-state index < -0.39 is 129 Å². The van der Waals surface area contributed by atoms with Crippen molar-refractivity contribution < 1.29 is 79.9 Å². The van der Waals surface area contributed by atoms with E-state index in [4.69, 9.17) is 23.7 Å². The molecule has 2 aliphatic carbocycles. The summed E-state index contributed by atoms with van der Waals surface area (Å²) in [5.41, 5.74) is 0. The predicted octanol–water partition coefficient (Wildman–Crippen LogP) is -5.68. The highest BCUT2D eigenvalue weighted by atomic mass is 16.7. The Morgan fingerprint density at radius 1 is 0.628 bits per heavy atom. The van der Waals surface area contributed by atoms with Gasteiger partial charge in [-0.05, 0) is 26.2 Å². The number of hydrogen-bond acceptors (Lipinski definition) is 15. The molecule has 3 heterocycles. The van der Waals surface area contributed by atoms with Gasteiger partial charge in [-0.3, -0.25) is 0 Å². The van der Waals surface area contributed by atoms with Crippen LogP contribution in [0.2, 0.25) is 0 Å². The van der Waals surface area contributed by atoms with Gasteiger partial charge in [0.05, 0.1) is 43.0 Å². The average Bonchev–Trinajstić information content (AvgIpc) is 2.97. The van der Waals surface area contributed by atoms with Crippen LogP contribution in [0.1, 0.15) is 39.0 Å².